The van der Waals surface area contributed by atoms with Gasteiger partial charge >= 0.3 is 0 Å². The summed E-state index contributed by atoms with van der Waals surface area (Å²) in [5.74, 6) is 0.104. The van der Waals surface area contributed by atoms with Crippen LogP contribution < -0.4 is 10.6 Å². The summed E-state index contributed by atoms with van der Waals surface area (Å²) >= 11 is 0. The van der Waals surface area contributed by atoms with Crippen molar-refractivity contribution in [1.29, 1.82) is 0 Å². The number of rotatable bonds is 5. The fourth-order valence-corrected chi connectivity index (χ4v) is 2.68. The minimum Gasteiger partial charge on any atom is -0.355 e. The molecule has 1 aliphatic rings. The van der Waals surface area contributed by atoms with Gasteiger partial charge in [0.25, 0.3) is 0 Å². The number of fused-ring (bicyclic) bond motifs is 1. The highest BCUT2D eigenvalue weighted by Gasteiger charge is 2.25. The van der Waals surface area contributed by atoms with E-state index in [1.54, 1.807) is 0 Å². The molecule has 1 heterocycles. The third kappa shape index (κ3) is 3.33. The third-order valence-electron chi connectivity index (χ3n) is 3.63. The van der Waals surface area contributed by atoms with Crippen molar-refractivity contribution in [2.75, 3.05) is 26.2 Å². The Morgan fingerprint density at radius 1 is 1.42 bits per heavy atom. The topological polar surface area (TPSA) is 44.4 Å². The number of carbonyl (C=O) groups is 1. The van der Waals surface area contributed by atoms with Crippen LogP contribution in [0.2, 0.25) is 0 Å². The molecule has 1 unspecified atom stereocenters. The fraction of sp³-hybridized carbons (Fsp3) is 0.533. The normalized spacial score (nSPS) is 18.2. The summed E-state index contributed by atoms with van der Waals surface area (Å²) in [6.07, 6.45) is 0. The van der Waals surface area contributed by atoms with E-state index in [0.29, 0.717) is 13.1 Å². The van der Waals surface area contributed by atoms with Gasteiger partial charge < -0.3 is 10.6 Å². The highest BCUT2D eigenvalue weighted by Crippen LogP contribution is 2.26. The van der Waals surface area contributed by atoms with Crippen molar-refractivity contribution < 1.29 is 4.79 Å². The van der Waals surface area contributed by atoms with Crippen LogP contribution in [0, 0.1) is 0 Å². The summed E-state index contributed by atoms with van der Waals surface area (Å²) < 4.78 is 0. The zero-order valence-corrected chi connectivity index (χ0v) is 11.8. The summed E-state index contributed by atoms with van der Waals surface area (Å²) in [4.78, 5) is 14.0. The minimum atomic E-state index is 0.104. The molecule has 0 spiro atoms. The lowest BCUT2D eigenvalue weighted by Crippen LogP contribution is -2.44. The summed E-state index contributed by atoms with van der Waals surface area (Å²) in [5.41, 5.74) is 2.69. The molecule has 0 radical (unpaired) electrons. The molecule has 104 valence electrons. The van der Waals surface area contributed by atoms with Crippen LogP contribution in [-0.2, 0) is 11.3 Å². The lowest BCUT2D eigenvalue weighted by molar-refractivity contribution is -0.122. The smallest absolute Gasteiger partial charge is 0.234 e. The predicted octanol–water partition coefficient (Wildman–Crippen LogP) is 1.29. The number of hydrogen-bond donors (Lipinski definition) is 2. The Kier molecular flexibility index (Phi) is 4.93. The first-order valence-corrected chi connectivity index (χ1v) is 7.05. The second-order valence-corrected chi connectivity index (χ2v) is 4.86. The van der Waals surface area contributed by atoms with E-state index in [4.69, 9.17) is 0 Å². The Hall–Kier alpha value is -1.39. The van der Waals surface area contributed by atoms with E-state index in [2.05, 4.69) is 46.7 Å². The average Bonchev–Trinajstić information content (AvgIpc) is 2.44. The second-order valence-electron chi connectivity index (χ2n) is 4.86. The van der Waals surface area contributed by atoms with Crippen LogP contribution in [0.3, 0.4) is 0 Å². The molecule has 1 aromatic rings. The van der Waals surface area contributed by atoms with Gasteiger partial charge in [-0.3, -0.25) is 9.69 Å². The molecule has 0 saturated heterocycles. The van der Waals surface area contributed by atoms with E-state index in [1.165, 1.54) is 11.1 Å². The Morgan fingerprint density at radius 3 is 2.95 bits per heavy atom. The zero-order valence-electron chi connectivity index (χ0n) is 11.8. The van der Waals surface area contributed by atoms with Crippen molar-refractivity contribution in [2.45, 2.75) is 26.4 Å². The molecule has 0 fully saturated rings. The summed E-state index contributed by atoms with van der Waals surface area (Å²) in [6.45, 7) is 7.91. The Bertz CT molecular complexity index is 433. The van der Waals surface area contributed by atoms with Crippen LogP contribution >= 0.6 is 0 Å². The molecule has 0 saturated carbocycles. The maximum Gasteiger partial charge on any atom is 0.234 e. The van der Waals surface area contributed by atoms with E-state index in [0.717, 1.165) is 19.6 Å². The molecular weight excluding hydrogens is 238 g/mol. The van der Waals surface area contributed by atoms with Crippen LogP contribution in [0.4, 0.5) is 0 Å². The van der Waals surface area contributed by atoms with Gasteiger partial charge in [-0.1, -0.05) is 31.2 Å². The third-order valence-corrected chi connectivity index (χ3v) is 3.63. The number of benzene rings is 1. The number of nitrogens with zero attached hydrogens (tertiary/aromatic N) is 1. The average molecular weight is 261 g/mol. The standard InChI is InChI=1S/C15H23N3O/c1-3-17-15(19)11-18(4-2)14-10-16-9-12-7-5-6-8-13(12)14/h5-8,14,16H,3-4,9-11H2,1-2H3,(H,17,19). The van der Waals surface area contributed by atoms with Crippen molar-refractivity contribution >= 4 is 5.91 Å². The van der Waals surface area contributed by atoms with Gasteiger partial charge in [-0.15, -0.1) is 0 Å². The Labute approximate surface area is 115 Å². The summed E-state index contributed by atoms with van der Waals surface area (Å²) in [6, 6.07) is 8.79. The number of nitrogens with one attached hydrogen (secondary N) is 2. The fourth-order valence-electron chi connectivity index (χ4n) is 2.68. The van der Waals surface area contributed by atoms with Gasteiger partial charge in [0.2, 0.25) is 5.91 Å². The number of carbonyl (C=O) groups excluding carboxylic acids is 1. The molecule has 1 aliphatic heterocycles. The molecule has 4 nitrogen and oxygen atoms in total. The second kappa shape index (κ2) is 6.68. The van der Waals surface area contributed by atoms with Crippen LogP contribution in [-0.4, -0.2) is 37.0 Å². The zero-order chi connectivity index (χ0) is 13.7. The Balaban J connectivity index is 2.13. The van der Waals surface area contributed by atoms with Crippen molar-refractivity contribution in [1.82, 2.24) is 15.5 Å². The molecule has 1 aromatic carbocycles. The van der Waals surface area contributed by atoms with E-state index >= 15 is 0 Å². The molecular formula is C15H23N3O. The van der Waals surface area contributed by atoms with Gasteiger partial charge in [0.1, 0.15) is 0 Å². The molecule has 0 aromatic heterocycles. The van der Waals surface area contributed by atoms with Gasteiger partial charge in [-0.05, 0) is 24.6 Å². The van der Waals surface area contributed by atoms with Gasteiger partial charge in [0, 0.05) is 25.7 Å². The first-order chi connectivity index (χ1) is 9.26. The maximum absolute atomic E-state index is 11.8. The van der Waals surface area contributed by atoms with Gasteiger partial charge in [0.15, 0.2) is 0 Å². The van der Waals surface area contributed by atoms with Crippen LogP contribution in [0.15, 0.2) is 24.3 Å². The monoisotopic (exact) mass is 261 g/mol. The highest BCUT2D eigenvalue weighted by atomic mass is 16.2. The highest BCUT2D eigenvalue weighted by molar-refractivity contribution is 5.78. The van der Waals surface area contributed by atoms with Gasteiger partial charge in [-0.25, -0.2) is 0 Å². The lowest BCUT2D eigenvalue weighted by atomic mass is 9.95. The van der Waals surface area contributed by atoms with Crippen LogP contribution in [0.25, 0.3) is 0 Å². The largest absolute Gasteiger partial charge is 0.355 e. The molecule has 0 bridgehead atoms. The van der Waals surface area contributed by atoms with Crippen molar-refractivity contribution in [3.63, 3.8) is 0 Å². The van der Waals surface area contributed by atoms with Crippen LogP contribution in [0.5, 0.6) is 0 Å². The molecule has 0 aliphatic carbocycles. The molecule has 19 heavy (non-hydrogen) atoms. The number of amides is 1. The predicted molar refractivity (Wildman–Crippen MR) is 76.8 cm³/mol. The van der Waals surface area contributed by atoms with Crippen molar-refractivity contribution in [3.8, 4) is 0 Å². The first kappa shape index (κ1) is 14.0. The molecule has 1 amide bonds. The molecule has 4 heteroatoms. The van der Waals surface area contributed by atoms with Crippen molar-refractivity contribution in [2.24, 2.45) is 0 Å². The SMILES string of the molecule is CCNC(=O)CN(CC)C1CNCc2ccccc21. The van der Waals surface area contributed by atoms with Crippen LogP contribution in [0.1, 0.15) is 31.0 Å². The lowest BCUT2D eigenvalue weighted by Gasteiger charge is -2.35. The maximum atomic E-state index is 11.8. The molecule has 1 atom stereocenters. The van der Waals surface area contributed by atoms with E-state index in [1.807, 2.05) is 6.92 Å². The molecule has 2 N–H and O–H groups in total. The van der Waals surface area contributed by atoms with Crippen molar-refractivity contribution in [3.05, 3.63) is 35.4 Å². The van der Waals surface area contributed by atoms with Gasteiger partial charge in [-0.2, -0.15) is 0 Å². The first-order valence-electron chi connectivity index (χ1n) is 7.05. The van der Waals surface area contributed by atoms with E-state index in [9.17, 15) is 4.79 Å². The van der Waals surface area contributed by atoms with E-state index in [-0.39, 0.29) is 11.9 Å². The minimum absolute atomic E-state index is 0.104. The number of likely N-dealkylation sites (N-methyl/N-ethyl adjacent to an activating group) is 2. The number of hydrogen-bond acceptors (Lipinski definition) is 3. The summed E-state index contributed by atoms with van der Waals surface area (Å²) in [5, 5.41) is 6.31. The Morgan fingerprint density at radius 2 is 2.21 bits per heavy atom. The van der Waals surface area contributed by atoms with E-state index < -0.39 is 0 Å². The molecule has 2 rings (SSSR count). The quantitative estimate of drug-likeness (QED) is 0.839. The van der Waals surface area contributed by atoms with Gasteiger partial charge in [0.05, 0.1) is 6.54 Å². The summed E-state index contributed by atoms with van der Waals surface area (Å²) in [7, 11) is 0.